The summed E-state index contributed by atoms with van der Waals surface area (Å²) >= 11 is 0. The first kappa shape index (κ1) is 13.6. The first-order valence-electron chi connectivity index (χ1n) is 7.12. The Morgan fingerprint density at radius 1 is 1.14 bits per heavy atom. The van der Waals surface area contributed by atoms with Crippen LogP contribution in [0.2, 0.25) is 0 Å². The van der Waals surface area contributed by atoms with Gasteiger partial charge in [0.15, 0.2) is 0 Å². The zero-order valence-electron chi connectivity index (χ0n) is 12.3. The highest BCUT2D eigenvalue weighted by Gasteiger charge is 2.24. The van der Waals surface area contributed by atoms with Crippen molar-refractivity contribution in [3.63, 3.8) is 0 Å². The molecule has 110 valence electrons. The maximum Gasteiger partial charge on any atom is 0.255 e. The molecule has 6 nitrogen and oxygen atoms in total. The van der Waals surface area contributed by atoms with Crippen LogP contribution in [0, 0.1) is 13.8 Å². The van der Waals surface area contributed by atoms with Gasteiger partial charge in [-0.1, -0.05) is 0 Å². The fourth-order valence-electron chi connectivity index (χ4n) is 2.68. The van der Waals surface area contributed by atoms with Crippen molar-refractivity contribution >= 4 is 11.9 Å². The Kier molecular flexibility index (Phi) is 3.60. The molecule has 0 atom stereocenters. The summed E-state index contributed by atoms with van der Waals surface area (Å²) in [5, 5.41) is 0. The maximum atomic E-state index is 12.5. The molecular formula is C15H19N5O. The molecule has 3 heterocycles. The van der Waals surface area contributed by atoms with Crippen molar-refractivity contribution in [3.05, 3.63) is 41.5 Å². The van der Waals surface area contributed by atoms with Gasteiger partial charge in [0.25, 0.3) is 5.91 Å². The van der Waals surface area contributed by atoms with Crippen molar-refractivity contribution in [2.24, 2.45) is 0 Å². The van der Waals surface area contributed by atoms with Gasteiger partial charge in [-0.15, -0.1) is 0 Å². The summed E-state index contributed by atoms with van der Waals surface area (Å²) in [6.07, 6.45) is 3.48. The van der Waals surface area contributed by atoms with Crippen molar-refractivity contribution in [1.82, 2.24) is 19.9 Å². The van der Waals surface area contributed by atoms with Crippen molar-refractivity contribution in [1.29, 1.82) is 0 Å². The van der Waals surface area contributed by atoms with Gasteiger partial charge in [0.1, 0.15) is 0 Å². The molecule has 0 aliphatic carbocycles. The number of piperazine rings is 1. The van der Waals surface area contributed by atoms with Crippen LogP contribution >= 0.6 is 0 Å². The van der Waals surface area contributed by atoms with Gasteiger partial charge < -0.3 is 14.8 Å². The normalized spacial score (nSPS) is 15.3. The van der Waals surface area contributed by atoms with Gasteiger partial charge in [-0.2, -0.15) is 0 Å². The summed E-state index contributed by atoms with van der Waals surface area (Å²) in [6.45, 7) is 6.82. The molecule has 2 aromatic rings. The van der Waals surface area contributed by atoms with E-state index in [0.29, 0.717) is 13.1 Å². The van der Waals surface area contributed by atoms with E-state index in [1.54, 1.807) is 18.5 Å². The van der Waals surface area contributed by atoms with Gasteiger partial charge in [0.05, 0.1) is 5.56 Å². The number of aromatic amines is 1. The van der Waals surface area contributed by atoms with Crippen LogP contribution in [0.15, 0.2) is 24.5 Å². The molecule has 1 fully saturated rings. The van der Waals surface area contributed by atoms with Crippen molar-refractivity contribution in [2.75, 3.05) is 31.1 Å². The number of aryl methyl sites for hydroxylation is 2. The molecular weight excluding hydrogens is 266 g/mol. The average molecular weight is 285 g/mol. The number of rotatable bonds is 2. The van der Waals surface area contributed by atoms with E-state index in [4.69, 9.17) is 0 Å². The summed E-state index contributed by atoms with van der Waals surface area (Å²) in [6, 6.07) is 3.73. The number of hydrogen-bond donors (Lipinski definition) is 1. The minimum Gasteiger partial charge on any atom is -0.362 e. The highest BCUT2D eigenvalue weighted by Crippen LogP contribution is 2.15. The number of nitrogens with one attached hydrogen (secondary N) is 1. The minimum absolute atomic E-state index is 0.102. The lowest BCUT2D eigenvalue weighted by Gasteiger charge is -2.34. The monoisotopic (exact) mass is 285 g/mol. The predicted molar refractivity (Wildman–Crippen MR) is 80.4 cm³/mol. The number of nitrogens with zero attached hydrogens (tertiary/aromatic N) is 4. The first-order valence-corrected chi connectivity index (χ1v) is 7.12. The van der Waals surface area contributed by atoms with Crippen LogP contribution in [-0.4, -0.2) is 51.9 Å². The van der Waals surface area contributed by atoms with E-state index in [1.165, 1.54) is 0 Å². The van der Waals surface area contributed by atoms with E-state index in [2.05, 4.69) is 19.9 Å². The second kappa shape index (κ2) is 5.55. The molecule has 1 N–H and O–H groups in total. The first-order chi connectivity index (χ1) is 10.1. The number of aromatic nitrogens is 3. The number of hydrogen-bond acceptors (Lipinski definition) is 4. The summed E-state index contributed by atoms with van der Waals surface area (Å²) in [5.41, 5.74) is 2.73. The molecule has 0 spiro atoms. The highest BCUT2D eigenvalue weighted by molar-refractivity contribution is 5.95. The molecule has 6 heteroatoms. The molecule has 1 amide bonds. The number of amides is 1. The third kappa shape index (κ3) is 2.74. The molecule has 0 unspecified atom stereocenters. The SMILES string of the molecule is Cc1cc(C(=O)N2CCN(c3ncccn3)CC2)c(C)[nH]1. The van der Waals surface area contributed by atoms with Crippen LogP contribution < -0.4 is 4.90 Å². The molecule has 2 aromatic heterocycles. The zero-order valence-corrected chi connectivity index (χ0v) is 12.3. The predicted octanol–water partition coefficient (Wildman–Crippen LogP) is 1.38. The Bertz CT molecular complexity index is 629. The summed E-state index contributed by atoms with van der Waals surface area (Å²) in [5.74, 6) is 0.837. The Labute approximate surface area is 123 Å². The lowest BCUT2D eigenvalue weighted by Crippen LogP contribution is -2.49. The number of anilines is 1. The van der Waals surface area contributed by atoms with Gasteiger partial charge in [-0.25, -0.2) is 9.97 Å². The standard InChI is InChI=1S/C15H19N5O/c1-11-10-13(12(2)18-11)14(21)19-6-8-20(9-7-19)15-16-4-3-5-17-15/h3-5,10,18H,6-9H2,1-2H3. The van der Waals surface area contributed by atoms with Gasteiger partial charge >= 0.3 is 0 Å². The Morgan fingerprint density at radius 3 is 2.38 bits per heavy atom. The second-order valence-electron chi connectivity index (χ2n) is 5.32. The Balaban J connectivity index is 1.66. The van der Waals surface area contributed by atoms with Crippen LogP contribution in [0.25, 0.3) is 0 Å². The molecule has 0 aromatic carbocycles. The number of H-pyrrole nitrogens is 1. The van der Waals surface area contributed by atoms with E-state index in [0.717, 1.165) is 36.0 Å². The van der Waals surface area contributed by atoms with Crippen LogP contribution in [0.1, 0.15) is 21.7 Å². The maximum absolute atomic E-state index is 12.5. The van der Waals surface area contributed by atoms with E-state index in [9.17, 15) is 4.79 Å². The van der Waals surface area contributed by atoms with E-state index < -0.39 is 0 Å². The number of carbonyl (C=O) groups excluding carboxylic acids is 1. The second-order valence-corrected chi connectivity index (χ2v) is 5.32. The van der Waals surface area contributed by atoms with Crippen molar-refractivity contribution < 1.29 is 4.79 Å². The highest BCUT2D eigenvalue weighted by atomic mass is 16.2. The topological polar surface area (TPSA) is 65.1 Å². The molecule has 0 saturated carbocycles. The number of carbonyl (C=O) groups is 1. The van der Waals surface area contributed by atoms with E-state index in [1.807, 2.05) is 24.8 Å². The minimum atomic E-state index is 0.102. The lowest BCUT2D eigenvalue weighted by atomic mass is 10.2. The summed E-state index contributed by atoms with van der Waals surface area (Å²) in [4.78, 5) is 28.2. The van der Waals surface area contributed by atoms with Gasteiger partial charge in [0, 0.05) is 50.0 Å². The van der Waals surface area contributed by atoms with Crippen LogP contribution in [0.5, 0.6) is 0 Å². The molecule has 1 saturated heterocycles. The van der Waals surface area contributed by atoms with Crippen molar-refractivity contribution in [3.8, 4) is 0 Å². The van der Waals surface area contributed by atoms with Crippen LogP contribution in [-0.2, 0) is 0 Å². The third-order valence-corrected chi connectivity index (χ3v) is 3.78. The quantitative estimate of drug-likeness (QED) is 0.905. The fourth-order valence-corrected chi connectivity index (χ4v) is 2.68. The molecule has 1 aliphatic rings. The fraction of sp³-hybridized carbons (Fsp3) is 0.400. The van der Waals surface area contributed by atoms with Crippen LogP contribution in [0.3, 0.4) is 0 Å². The summed E-state index contributed by atoms with van der Waals surface area (Å²) < 4.78 is 0. The zero-order chi connectivity index (χ0) is 14.8. The molecule has 0 bridgehead atoms. The largest absolute Gasteiger partial charge is 0.362 e. The van der Waals surface area contributed by atoms with Gasteiger partial charge in [-0.05, 0) is 26.0 Å². The van der Waals surface area contributed by atoms with E-state index >= 15 is 0 Å². The van der Waals surface area contributed by atoms with E-state index in [-0.39, 0.29) is 5.91 Å². The molecule has 0 radical (unpaired) electrons. The van der Waals surface area contributed by atoms with Gasteiger partial charge in [-0.3, -0.25) is 4.79 Å². The molecule has 21 heavy (non-hydrogen) atoms. The molecule has 3 rings (SSSR count). The van der Waals surface area contributed by atoms with Crippen LogP contribution in [0.4, 0.5) is 5.95 Å². The lowest BCUT2D eigenvalue weighted by molar-refractivity contribution is 0.0745. The van der Waals surface area contributed by atoms with Gasteiger partial charge in [0.2, 0.25) is 5.95 Å². The Morgan fingerprint density at radius 2 is 1.81 bits per heavy atom. The third-order valence-electron chi connectivity index (χ3n) is 3.78. The molecule has 1 aliphatic heterocycles. The van der Waals surface area contributed by atoms with Crippen molar-refractivity contribution in [2.45, 2.75) is 13.8 Å². The Hall–Kier alpha value is -2.37. The average Bonchev–Trinajstić information content (AvgIpc) is 2.86. The summed E-state index contributed by atoms with van der Waals surface area (Å²) in [7, 11) is 0. The smallest absolute Gasteiger partial charge is 0.255 e.